The van der Waals surface area contributed by atoms with Crippen molar-refractivity contribution in [3.63, 3.8) is 0 Å². The van der Waals surface area contributed by atoms with Crippen molar-refractivity contribution in [3.05, 3.63) is 81.8 Å². The lowest BCUT2D eigenvalue weighted by molar-refractivity contribution is -0.128. The molecule has 1 fully saturated rings. The van der Waals surface area contributed by atoms with Crippen LogP contribution in [-0.4, -0.2) is 100 Å². The van der Waals surface area contributed by atoms with Gasteiger partial charge in [-0.15, -0.1) is 11.3 Å². The summed E-state index contributed by atoms with van der Waals surface area (Å²) in [6, 6.07) is 13.4. The number of hydrogen-bond donors (Lipinski definition) is 3. The van der Waals surface area contributed by atoms with Gasteiger partial charge in [0.2, 0.25) is 15.9 Å². The van der Waals surface area contributed by atoms with Crippen LogP contribution in [0.15, 0.2) is 70.0 Å². The molecule has 3 N–H and O–H groups in total. The van der Waals surface area contributed by atoms with Crippen molar-refractivity contribution in [3.8, 4) is 0 Å². The molecule has 3 amide bonds. The lowest BCUT2D eigenvalue weighted by Crippen LogP contribution is -2.57. The van der Waals surface area contributed by atoms with E-state index in [9.17, 15) is 23.1 Å². The molecule has 12 nitrogen and oxygen atoms in total. The van der Waals surface area contributed by atoms with Crippen LogP contribution in [0.2, 0.25) is 0 Å². The molecule has 1 aliphatic heterocycles. The van der Waals surface area contributed by atoms with E-state index in [1.54, 1.807) is 21.1 Å². The summed E-state index contributed by atoms with van der Waals surface area (Å²) in [7, 11) is -4.05. The van der Waals surface area contributed by atoms with Gasteiger partial charge in [0.15, 0.2) is 0 Å². The number of sulfonamides is 1. The number of aliphatic hydroxyl groups is 1. The molecular weight excluding hydrogens is 677 g/mol. The molecule has 272 valence electrons. The van der Waals surface area contributed by atoms with E-state index in [1.807, 2.05) is 63.4 Å². The quantitative estimate of drug-likeness (QED) is 0.103. The highest BCUT2D eigenvalue weighted by atomic mass is 32.2. The van der Waals surface area contributed by atoms with Gasteiger partial charge in [-0.05, 0) is 41.5 Å². The molecule has 0 radical (unpaired) electrons. The lowest BCUT2D eigenvalue weighted by Gasteiger charge is -2.34. The predicted octanol–water partition coefficient (Wildman–Crippen LogP) is 4.77. The van der Waals surface area contributed by atoms with Gasteiger partial charge in [0.25, 0.3) is 0 Å². The van der Waals surface area contributed by atoms with E-state index in [-0.39, 0.29) is 42.3 Å². The second-order valence-electron chi connectivity index (χ2n) is 13.8. The average molecular weight is 727 g/mol. The Labute approximate surface area is 299 Å². The van der Waals surface area contributed by atoms with Crippen molar-refractivity contribution < 1.29 is 28.3 Å². The highest BCUT2D eigenvalue weighted by Gasteiger charge is 2.40. The normalized spacial score (nSPS) is 15.9. The smallest absolute Gasteiger partial charge is 0.321 e. The Balaban J connectivity index is 1.56. The number of thiazole rings is 1. The van der Waals surface area contributed by atoms with E-state index in [1.165, 1.54) is 34.8 Å². The summed E-state index contributed by atoms with van der Waals surface area (Å²) in [4.78, 5) is 35.8. The Morgan fingerprint density at radius 3 is 2.30 bits per heavy atom. The van der Waals surface area contributed by atoms with E-state index >= 15 is 0 Å². The highest BCUT2D eigenvalue weighted by Crippen LogP contribution is 2.25. The second-order valence-corrected chi connectivity index (χ2v) is 16.6. The summed E-state index contributed by atoms with van der Waals surface area (Å²) in [6.45, 7) is 12.7. The van der Waals surface area contributed by atoms with Crippen LogP contribution in [0, 0.1) is 11.8 Å². The fourth-order valence-electron chi connectivity index (χ4n) is 6.04. The van der Waals surface area contributed by atoms with Gasteiger partial charge < -0.3 is 25.4 Å². The molecule has 3 atom stereocenters. The Bertz CT molecular complexity index is 1700. The van der Waals surface area contributed by atoms with Crippen molar-refractivity contribution in [2.24, 2.45) is 17.0 Å². The monoisotopic (exact) mass is 726 g/mol. The third kappa shape index (κ3) is 9.89. The van der Waals surface area contributed by atoms with E-state index in [0.717, 1.165) is 16.3 Å². The zero-order valence-electron chi connectivity index (χ0n) is 29.6. The fourth-order valence-corrected chi connectivity index (χ4v) is 8.49. The van der Waals surface area contributed by atoms with Crippen LogP contribution >= 0.6 is 11.3 Å². The molecule has 1 saturated heterocycles. The Kier molecular flexibility index (Phi) is 13.5. The number of oxime groups is 1. The molecule has 1 unspecified atom stereocenters. The third-order valence-electron chi connectivity index (χ3n) is 8.55. The van der Waals surface area contributed by atoms with Crippen LogP contribution in [0.4, 0.5) is 4.79 Å². The molecule has 0 saturated carbocycles. The van der Waals surface area contributed by atoms with Gasteiger partial charge in [-0.3, -0.25) is 4.79 Å². The van der Waals surface area contributed by atoms with Crippen LogP contribution in [-0.2, 0) is 27.8 Å². The van der Waals surface area contributed by atoms with Crippen LogP contribution in [0.5, 0.6) is 0 Å². The van der Waals surface area contributed by atoms with Crippen molar-refractivity contribution in [1.82, 2.24) is 24.4 Å². The van der Waals surface area contributed by atoms with Gasteiger partial charge in [-0.2, -0.15) is 4.31 Å². The SMILES string of the molecule is CC(C)CN(C[C@@H](O)[C@H](Cc1ccccc1)NC(=O)C(C(C)C)N1CCN(Cc2csc(C(C)C)n2)C1=O)S(=O)(=O)c1ccc(/C=N/O)cc1. The maximum absolute atomic E-state index is 14.1. The number of carbonyl (C=O) groups is 2. The van der Waals surface area contributed by atoms with Gasteiger partial charge in [-0.1, -0.05) is 89.2 Å². The number of hydrogen-bond acceptors (Lipinski definition) is 9. The Hall–Kier alpha value is -3.85. The zero-order chi connectivity index (χ0) is 36.6. The van der Waals surface area contributed by atoms with Crippen molar-refractivity contribution in [1.29, 1.82) is 0 Å². The third-order valence-corrected chi connectivity index (χ3v) is 11.6. The first-order valence-electron chi connectivity index (χ1n) is 17.0. The number of aromatic nitrogens is 1. The molecule has 1 aliphatic rings. The predicted molar refractivity (Wildman–Crippen MR) is 195 cm³/mol. The van der Waals surface area contributed by atoms with Crippen molar-refractivity contribution in [2.45, 2.75) is 83.5 Å². The van der Waals surface area contributed by atoms with Crippen LogP contribution in [0.1, 0.15) is 69.3 Å². The Morgan fingerprint density at radius 1 is 1.04 bits per heavy atom. The lowest BCUT2D eigenvalue weighted by atomic mass is 9.97. The van der Waals surface area contributed by atoms with E-state index in [2.05, 4.69) is 29.3 Å². The molecular formula is C36H50N6O6S2. The van der Waals surface area contributed by atoms with E-state index in [4.69, 9.17) is 5.21 Å². The number of nitrogens with one attached hydrogen (secondary N) is 1. The van der Waals surface area contributed by atoms with Crippen LogP contribution in [0.3, 0.4) is 0 Å². The summed E-state index contributed by atoms with van der Waals surface area (Å²) in [5.41, 5.74) is 2.20. The number of aliphatic hydroxyl groups excluding tert-OH is 1. The van der Waals surface area contributed by atoms with Crippen LogP contribution in [0.25, 0.3) is 0 Å². The average Bonchev–Trinajstić information content (AvgIpc) is 3.68. The zero-order valence-corrected chi connectivity index (χ0v) is 31.3. The maximum Gasteiger partial charge on any atom is 0.321 e. The number of rotatable bonds is 17. The minimum atomic E-state index is -4.05. The second kappa shape index (κ2) is 17.4. The number of carbonyl (C=O) groups excluding carboxylic acids is 2. The minimum absolute atomic E-state index is 0.0270. The molecule has 3 aromatic rings. The van der Waals surface area contributed by atoms with Gasteiger partial charge in [-0.25, -0.2) is 18.2 Å². The van der Waals surface area contributed by atoms with Crippen molar-refractivity contribution >= 4 is 39.5 Å². The van der Waals surface area contributed by atoms with Gasteiger partial charge in [0.1, 0.15) is 6.04 Å². The topological polar surface area (TPSA) is 156 Å². The molecule has 1 aromatic heterocycles. The summed E-state index contributed by atoms with van der Waals surface area (Å²) in [5, 5.41) is 29.6. The van der Waals surface area contributed by atoms with Gasteiger partial charge in [0.05, 0.1) is 40.5 Å². The minimum Gasteiger partial charge on any atom is -0.411 e. The van der Waals surface area contributed by atoms with Gasteiger partial charge in [0, 0.05) is 37.5 Å². The summed E-state index contributed by atoms with van der Waals surface area (Å²) >= 11 is 1.57. The highest BCUT2D eigenvalue weighted by molar-refractivity contribution is 7.89. The first kappa shape index (κ1) is 38.9. The summed E-state index contributed by atoms with van der Waals surface area (Å²) in [5.74, 6) is -0.414. The summed E-state index contributed by atoms with van der Waals surface area (Å²) in [6.07, 6.45) is 0.154. The molecule has 2 heterocycles. The molecule has 0 aliphatic carbocycles. The van der Waals surface area contributed by atoms with Gasteiger partial charge >= 0.3 is 6.03 Å². The summed E-state index contributed by atoms with van der Waals surface area (Å²) < 4.78 is 29.0. The molecule has 50 heavy (non-hydrogen) atoms. The first-order valence-corrected chi connectivity index (χ1v) is 19.3. The largest absolute Gasteiger partial charge is 0.411 e. The Morgan fingerprint density at radius 2 is 1.72 bits per heavy atom. The maximum atomic E-state index is 14.1. The van der Waals surface area contributed by atoms with Crippen molar-refractivity contribution in [2.75, 3.05) is 26.2 Å². The standard InChI is InChI=1S/C36H50N6O6S2/c1-24(2)20-41(50(47,48)30-14-12-28(13-15-30)19-37-46)22-32(43)31(18-27-10-8-7-9-11-27)39-34(44)33(25(3)4)42-17-16-40(36(42)45)21-29-23-49-35(38-29)26(5)6/h7-15,19,23-26,31-33,43,46H,16-18,20-22H2,1-6H3,(H,39,44)/b37-19+/t31-,32+,33?/m0/s1. The molecule has 4 rings (SSSR count). The number of benzene rings is 2. The number of urea groups is 1. The first-order chi connectivity index (χ1) is 23.7. The molecule has 0 bridgehead atoms. The fraction of sp³-hybridized carbons (Fsp3) is 0.500. The molecule has 2 aromatic carbocycles. The van der Waals surface area contributed by atoms with E-state index in [0.29, 0.717) is 31.1 Å². The number of amides is 3. The number of nitrogens with zero attached hydrogens (tertiary/aromatic N) is 5. The molecule has 0 spiro atoms. The molecule has 14 heteroatoms. The van der Waals surface area contributed by atoms with Crippen LogP contribution < -0.4 is 5.32 Å². The van der Waals surface area contributed by atoms with E-state index < -0.39 is 34.1 Å².